The molecule has 1 aliphatic heterocycles. The normalized spacial score (nSPS) is 15.1. The van der Waals surface area contributed by atoms with Crippen molar-refractivity contribution < 1.29 is 18.4 Å². The van der Waals surface area contributed by atoms with E-state index in [4.69, 9.17) is 0 Å². The molecule has 1 aliphatic rings. The summed E-state index contributed by atoms with van der Waals surface area (Å²) in [7, 11) is 0. The van der Waals surface area contributed by atoms with Crippen molar-refractivity contribution in [2.24, 2.45) is 0 Å². The summed E-state index contributed by atoms with van der Waals surface area (Å²) in [4.78, 5) is 41.0. The van der Waals surface area contributed by atoms with Crippen LogP contribution in [0.1, 0.15) is 83.8 Å². The largest absolute Gasteiger partial charge is 0.350 e. The predicted molar refractivity (Wildman–Crippen MR) is 122 cm³/mol. The van der Waals surface area contributed by atoms with Crippen LogP contribution in [0.3, 0.4) is 0 Å². The molecule has 3 rings (SSSR count). The van der Waals surface area contributed by atoms with Crippen molar-refractivity contribution in [3.63, 3.8) is 0 Å². The van der Waals surface area contributed by atoms with Gasteiger partial charge < -0.3 is 14.8 Å². The van der Waals surface area contributed by atoms with Crippen LogP contribution in [0.2, 0.25) is 0 Å². The first-order valence-corrected chi connectivity index (χ1v) is 11.5. The third-order valence-corrected chi connectivity index (χ3v) is 6.32. The van der Waals surface area contributed by atoms with Gasteiger partial charge in [-0.05, 0) is 44.7 Å². The van der Waals surface area contributed by atoms with Crippen molar-refractivity contribution in [2.45, 2.75) is 65.5 Å². The van der Waals surface area contributed by atoms with Crippen LogP contribution in [0.15, 0.2) is 29.3 Å². The Labute approximate surface area is 192 Å². The summed E-state index contributed by atoms with van der Waals surface area (Å²) in [6.07, 6.45) is 7.47. The molecular weight excluding hydrogens is 428 g/mol. The highest BCUT2D eigenvalue weighted by Gasteiger charge is 2.25. The van der Waals surface area contributed by atoms with E-state index in [1.54, 1.807) is 9.47 Å². The Morgan fingerprint density at radius 3 is 2.33 bits per heavy atom. The highest BCUT2D eigenvalue weighted by atomic mass is 19.1. The third-order valence-electron chi connectivity index (χ3n) is 6.32. The Morgan fingerprint density at radius 2 is 1.70 bits per heavy atom. The molecule has 0 bridgehead atoms. The number of carbonyl (C=O) groups is 2. The van der Waals surface area contributed by atoms with E-state index >= 15 is 0 Å². The summed E-state index contributed by atoms with van der Waals surface area (Å²) in [6.45, 7) is 6.12. The maximum absolute atomic E-state index is 14.3. The number of pyridine rings is 1. The van der Waals surface area contributed by atoms with Crippen LogP contribution in [0.25, 0.3) is 0 Å². The molecule has 0 radical (unpaired) electrons. The smallest absolute Gasteiger partial charge is 0.259 e. The van der Waals surface area contributed by atoms with Crippen molar-refractivity contribution in [1.82, 2.24) is 14.8 Å². The number of benzene rings is 1. The Kier molecular flexibility index (Phi) is 8.00. The average molecular weight is 460 g/mol. The van der Waals surface area contributed by atoms with Crippen LogP contribution in [0, 0.1) is 18.6 Å². The molecule has 1 aromatic heterocycles. The first-order valence-electron chi connectivity index (χ1n) is 11.5. The van der Waals surface area contributed by atoms with Gasteiger partial charge in [0.25, 0.3) is 11.8 Å². The Bertz CT molecular complexity index is 1090. The molecule has 1 atom stereocenters. The Morgan fingerprint density at radius 1 is 1.06 bits per heavy atom. The highest BCUT2D eigenvalue weighted by molar-refractivity contribution is 5.99. The Hall–Kier alpha value is -3.03. The van der Waals surface area contributed by atoms with Gasteiger partial charge in [0.15, 0.2) is 0 Å². The fraction of sp³-hybridized carbons (Fsp3) is 0.480. The quantitative estimate of drug-likeness (QED) is 0.698. The number of likely N-dealkylation sites (tertiary alicyclic amines) is 1. The van der Waals surface area contributed by atoms with Gasteiger partial charge in [0, 0.05) is 43.6 Å². The number of nitrogens with zero attached hydrogens (tertiary/aromatic N) is 2. The molecule has 1 aromatic carbocycles. The van der Waals surface area contributed by atoms with Crippen LogP contribution < -0.4 is 10.7 Å². The molecule has 33 heavy (non-hydrogen) atoms. The average Bonchev–Trinajstić information content (AvgIpc) is 3.10. The van der Waals surface area contributed by atoms with Gasteiger partial charge in [0.2, 0.25) is 5.43 Å². The second kappa shape index (κ2) is 10.7. The van der Waals surface area contributed by atoms with E-state index in [-0.39, 0.29) is 34.2 Å². The number of hydrogen-bond donors (Lipinski definition) is 1. The zero-order valence-electron chi connectivity index (χ0n) is 19.4. The molecule has 178 valence electrons. The van der Waals surface area contributed by atoms with Crippen LogP contribution in [0.5, 0.6) is 0 Å². The van der Waals surface area contributed by atoms with Gasteiger partial charge in [0.05, 0.1) is 0 Å². The van der Waals surface area contributed by atoms with Gasteiger partial charge in [-0.1, -0.05) is 25.8 Å². The van der Waals surface area contributed by atoms with E-state index in [0.717, 1.165) is 38.2 Å². The van der Waals surface area contributed by atoms with Crippen LogP contribution in [-0.2, 0) is 6.54 Å². The number of amides is 2. The highest BCUT2D eigenvalue weighted by Crippen LogP contribution is 2.17. The minimum Gasteiger partial charge on any atom is -0.350 e. The standard InChI is InChI=1S/C25H31F2N3O3/c1-4-17(3)30-14-19(24(32)28-13-18-21(26)10-9-16(2)22(18)27)23(31)20(15-30)25(33)29-11-7-5-6-8-12-29/h9-10,14-15,17H,4-8,11-13H2,1-3H3,(H,28,32)/t17-/m0/s1. The molecule has 2 amide bonds. The molecule has 6 nitrogen and oxygen atoms in total. The van der Waals surface area contributed by atoms with E-state index in [2.05, 4.69) is 5.32 Å². The van der Waals surface area contributed by atoms with Gasteiger partial charge in [-0.2, -0.15) is 0 Å². The molecule has 1 fully saturated rings. The maximum Gasteiger partial charge on any atom is 0.259 e. The summed E-state index contributed by atoms with van der Waals surface area (Å²) in [6, 6.07) is 2.40. The second-order valence-electron chi connectivity index (χ2n) is 8.67. The number of aromatic nitrogens is 1. The SMILES string of the molecule is CC[C@H](C)n1cc(C(=O)NCc2c(F)ccc(C)c2F)c(=O)c(C(=O)N2CCCCCC2)c1. The number of hydrogen-bond acceptors (Lipinski definition) is 3. The summed E-state index contributed by atoms with van der Waals surface area (Å²) < 4.78 is 30.1. The maximum atomic E-state index is 14.3. The number of rotatable bonds is 6. The van der Waals surface area contributed by atoms with E-state index in [0.29, 0.717) is 13.1 Å². The van der Waals surface area contributed by atoms with E-state index in [9.17, 15) is 23.2 Å². The molecule has 0 aliphatic carbocycles. The molecule has 1 N–H and O–H groups in total. The van der Waals surface area contributed by atoms with E-state index in [1.165, 1.54) is 25.4 Å². The van der Waals surface area contributed by atoms with Gasteiger partial charge in [-0.3, -0.25) is 14.4 Å². The lowest BCUT2D eigenvalue weighted by molar-refractivity contribution is 0.0759. The van der Waals surface area contributed by atoms with Gasteiger partial charge in [-0.25, -0.2) is 8.78 Å². The van der Waals surface area contributed by atoms with Crippen molar-refractivity contribution >= 4 is 11.8 Å². The van der Waals surface area contributed by atoms with Crippen molar-refractivity contribution in [3.8, 4) is 0 Å². The number of nitrogens with one attached hydrogen (secondary N) is 1. The van der Waals surface area contributed by atoms with Crippen LogP contribution in [0.4, 0.5) is 8.78 Å². The topological polar surface area (TPSA) is 71.4 Å². The lowest BCUT2D eigenvalue weighted by atomic mass is 10.1. The lowest BCUT2D eigenvalue weighted by Gasteiger charge is -2.22. The first-order chi connectivity index (χ1) is 15.7. The number of aryl methyl sites for hydroxylation is 1. The summed E-state index contributed by atoms with van der Waals surface area (Å²) in [5.74, 6) is -2.68. The molecule has 0 unspecified atom stereocenters. The third kappa shape index (κ3) is 5.49. The second-order valence-corrected chi connectivity index (χ2v) is 8.67. The van der Waals surface area contributed by atoms with Gasteiger partial charge in [0.1, 0.15) is 22.8 Å². The molecule has 8 heteroatoms. The molecule has 1 saturated heterocycles. The minimum atomic E-state index is -0.777. The van der Waals surface area contributed by atoms with Crippen LogP contribution in [-0.4, -0.2) is 34.4 Å². The lowest BCUT2D eigenvalue weighted by Crippen LogP contribution is -2.38. The van der Waals surface area contributed by atoms with Gasteiger partial charge >= 0.3 is 0 Å². The molecule has 2 aromatic rings. The van der Waals surface area contributed by atoms with E-state index < -0.39 is 29.5 Å². The van der Waals surface area contributed by atoms with E-state index in [1.807, 2.05) is 13.8 Å². The molecule has 0 spiro atoms. The van der Waals surface area contributed by atoms with Gasteiger partial charge in [-0.15, -0.1) is 0 Å². The first kappa shape index (κ1) is 24.6. The fourth-order valence-electron chi connectivity index (χ4n) is 3.96. The van der Waals surface area contributed by atoms with Crippen LogP contribution >= 0.6 is 0 Å². The molecule has 2 heterocycles. The predicted octanol–water partition coefficient (Wildman–Crippen LogP) is 4.35. The van der Waals surface area contributed by atoms with Crippen molar-refractivity contribution in [3.05, 3.63) is 68.6 Å². The summed E-state index contributed by atoms with van der Waals surface area (Å²) in [5.41, 5.74) is -0.971. The monoisotopic (exact) mass is 459 g/mol. The fourth-order valence-corrected chi connectivity index (χ4v) is 3.96. The number of carbonyl (C=O) groups excluding carboxylic acids is 2. The minimum absolute atomic E-state index is 0.0560. The van der Waals surface area contributed by atoms with Crippen molar-refractivity contribution in [1.29, 1.82) is 0 Å². The molecular formula is C25H31F2N3O3. The summed E-state index contributed by atoms with van der Waals surface area (Å²) >= 11 is 0. The molecule has 0 saturated carbocycles. The summed E-state index contributed by atoms with van der Waals surface area (Å²) in [5, 5.41) is 2.45. The Balaban J connectivity index is 1.94. The zero-order valence-corrected chi connectivity index (χ0v) is 19.4. The zero-order chi connectivity index (χ0) is 24.1. The number of halogens is 2. The van der Waals surface area contributed by atoms with Crippen molar-refractivity contribution in [2.75, 3.05) is 13.1 Å².